The lowest BCUT2D eigenvalue weighted by Gasteiger charge is -2.35. The Morgan fingerprint density at radius 2 is 1.97 bits per heavy atom. The average molecular weight is 462 g/mol. The van der Waals surface area contributed by atoms with E-state index in [1.54, 1.807) is 6.07 Å². The van der Waals surface area contributed by atoms with E-state index in [-0.39, 0.29) is 11.2 Å². The van der Waals surface area contributed by atoms with E-state index in [0.29, 0.717) is 11.7 Å². The van der Waals surface area contributed by atoms with Crippen LogP contribution in [0.4, 0.5) is 0 Å². The Hall–Kier alpha value is -2.62. The van der Waals surface area contributed by atoms with Gasteiger partial charge in [0, 0.05) is 17.2 Å². The lowest BCUT2D eigenvalue weighted by molar-refractivity contribution is 0.0662. The lowest BCUT2D eigenvalue weighted by Crippen LogP contribution is -2.27. The van der Waals surface area contributed by atoms with E-state index in [9.17, 15) is 9.90 Å². The van der Waals surface area contributed by atoms with Crippen molar-refractivity contribution in [2.24, 2.45) is 16.3 Å². The molecule has 1 unspecified atom stereocenters. The molecule has 0 aromatic carbocycles. The zero-order chi connectivity index (χ0) is 24.3. The number of hydrogen-bond acceptors (Lipinski definition) is 3. The van der Waals surface area contributed by atoms with Crippen LogP contribution in [0.2, 0.25) is 0 Å². The summed E-state index contributed by atoms with van der Waals surface area (Å²) in [5.74, 6) is -0.0988. The molecule has 4 rings (SSSR count). The smallest absolute Gasteiger partial charge is 0.371 e. The fourth-order valence-electron chi connectivity index (χ4n) is 5.78. The highest BCUT2D eigenvalue weighted by atomic mass is 16.4. The fraction of sp³-hybridized carbons (Fsp3) is 0.533. The normalized spacial score (nSPS) is 21.6. The molecule has 4 heteroatoms. The number of furan rings is 1. The van der Waals surface area contributed by atoms with Crippen molar-refractivity contribution in [3.05, 3.63) is 63.8 Å². The summed E-state index contributed by atoms with van der Waals surface area (Å²) in [6.07, 6.45) is 19.1. The van der Waals surface area contributed by atoms with Gasteiger partial charge in [0.05, 0.1) is 5.70 Å². The Morgan fingerprint density at radius 1 is 1.21 bits per heavy atom. The molecule has 0 bridgehead atoms. The topological polar surface area (TPSA) is 62.8 Å². The van der Waals surface area contributed by atoms with Crippen LogP contribution in [0.1, 0.15) is 108 Å². The van der Waals surface area contributed by atoms with Crippen LogP contribution < -0.4 is 0 Å². The van der Waals surface area contributed by atoms with Gasteiger partial charge in [-0.1, -0.05) is 71.4 Å². The van der Waals surface area contributed by atoms with E-state index >= 15 is 0 Å². The molecule has 1 aliphatic heterocycles. The minimum absolute atomic E-state index is 0.0356. The lowest BCUT2D eigenvalue weighted by atomic mass is 9.68. The molecule has 0 saturated heterocycles. The summed E-state index contributed by atoms with van der Waals surface area (Å²) >= 11 is 0. The van der Waals surface area contributed by atoms with Gasteiger partial charge in [0.25, 0.3) is 0 Å². The summed E-state index contributed by atoms with van der Waals surface area (Å²) in [5.41, 5.74) is 7.70. The highest BCUT2D eigenvalue weighted by molar-refractivity contribution is 6.07. The van der Waals surface area contributed by atoms with E-state index in [1.165, 1.54) is 80.7 Å². The quantitative estimate of drug-likeness (QED) is 0.355. The van der Waals surface area contributed by atoms with Crippen molar-refractivity contribution in [2.45, 2.75) is 91.9 Å². The molecule has 2 heterocycles. The second kappa shape index (κ2) is 10.3. The van der Waals surface area contributed by atoms with Crippen molar-refractivity contribution in [3.8, 4) is 0 Å². The molecule has 4 nitrogen and oxygen atoms in total. The molecule has 34 heavy (non-hydrogen) atoms. The predicted octanol–water partition coefficient (Wildman–Crippen LogP) is 8.53. The van der Waals surface area contributed by atoms with Crippen molar-refractivity contribution in [2.75, 3.05) is 0 Å². The highest BCUT2D eigenvalue weighted by Crippen LogP contribution is 2.51. The van der Waals surface area contributed by atoms with Crippen LogP contribution in [0.15, 0.2) is 61.7 Å². The maximum atomic E-state index is 11.2. The van der Waals surface area contributed by atoms with Gasteiger partial charge in [-0.25, -0.2) is 4.79 Å². The molecule has 1 saturated carbocycles. The van der Waals surface area contributed by atoms with Crippen LogP contribution in [-0.4, -0.2) is 16.8 Å². The Balaban J connectivity index is 1.64. The number of rotatable bonds is 10. The maximum absolute atomic E-state index is 11.2. The number of nitrogens with zero attached hydrogens (tertiary/aromatic N) is 1. The number of carboxylic acids is 1. The Bertz CT molecular complexity index is 1090. The number of unbranched alkanes of at least 4 members (excludes halogenated alkanes) is 5. The second-order valence-electron chi connectivity index (χ2n) is 10.7. The first kappa shape index (κ1) is 24.5. The number of hydrogen-bond donors (Lipinski definition) is 1. The number of aromatic carboxylic acids is 1. The van der Waals surface area contributed by atoms with Crippen LogP contribution in [0.5, 0.6) is 0 Å². The maximum Gasteiger partial charge on any atom is 0.371 e. The summed E-state index contributed by atoms with van der Waals surface area (Å²) < 4.78 is 5.49. The van der Waals surface area contributed by atoms with Crippen LogP contribution in [0.25, 0.3) is 6.08 Å². The monoisotopic (exact) mass is 461 g/mol. The molecular weight excluding hydrogens is 422 g/mol. The van der Waals surface area contributed by atoms with Gasteiger partial charge in [-0.05, 0) is 73.0 Å². The largest absolute Gasteiger partial charge is 0.475 e. The third-order valence-corrected chi connectivity index (χ3v) is 7.56. The molecule has 1 N–H and O–H groups in total. The first-order valence-corrected chi connectivity index (χ1v) is 13.1. The Morgan fingerprint density at radius 3 is 2.71 bits per heavy atom. The summed E-state index contributed by atoms with van der Waals surface area (Å²) in [5, 5.41) is 9.17. The third kappa shape index (κ3) is 5.06. The molecule has 0 spiro atoms. The van der Waals surface area contributed by atoms with Crippen LogP contribution >= 0.6 is 0 Å². The molecule has 1 aromatic heterocycles. The van der Waals surface area contributed by atoms with Gasteiger partial charge in [-0.15, -0.1) is 0 Å². The standard InChI is InChI=1S/C30H39NO3/c1-5-6-7-8-9-10-12-21-14-16-23(20(2)19-22-15-17-25(34-22)29(32)33)28-26(21)27-24(31-28)13-11-18-30(27,3)4/h14-17,19,21H,5-13,18H2,1-4H3,(H,32,33)/b20-19+. The number of aliphatic imine (C=N–C) groups is 1. The highest BCUT2D eigenvalue weighted by Gasteiger charge is 2.41. The number of allylic oxidation sites excluding steroid dienone is 6. The first-order chi connectivity index (χ1) is 16.3. The summed E-state index contributed by atoms with van der Waals surface area (Å²) in [4.78, 5) is 16.4. The summed E-state index contributed by atoms with van der Waals surface area (Å²) in [6.45, 7) is 9.10. The van der Waals surface area contributed by atoms with E-state index in [1.807, 2.05) is 6.08 Å². The van der Waals surface area contributed by atoms with Gasteiger partial charge in [-0.2, -0.15) is 0 Å². The van der Waals surface area contributed by atoms with Crippen molar-refractivity contribution < 1.29 is 14.3 Å². The van der Waals surface area contributed by atoms with Crippen LogP contribution in [-0.2, 0) is 0 Å². The van der Waals surface area contributed by atoms with Gasteiger partial charge in [0.2, 0.25) is 5.76 Å². The van der Waals surface area contributed by atoms with Gasteiger partial charge >= 0.3 is 5.97 Å². The number of carboxylic acid groups (broad SMARTS) is 1. The molecule has 3 aliphatic rings. The van der Waals surface area contributed by atoms with E-state index in [0.717, 1.165) is 23.3 Å². The number of fused-ring (bicyclic) bond motifs is 2. The second-order valence-corrected chi connectivity index (χ2v) is 10.7. The average Bonchev–Trinajstić information content (AvgIpc) is 3.41. The summed E-state index contributed by atoms with van der Waals surface area (Å²) in [6, 6.07) is 3.22. The molecule has 1 atom stereocenters. The van der Waals surface area contributed by atoms with Crippen molar-refractivity contribution in [1.29, 1.82) is 0 Å². The zero-order valence-corrected chi connectivity index (χ0v) is 21.2. The van der Waals surface area contributed by atoms with E-state index < -0.39 is 5.97 Å². The molecule has 1 fully saturated rings. The van der Waals surface area contributed by atoms with Gasteiger partial charge in [0.15, 0.2) is 0 Å². The Kier molecular flexibility index (Phi) is 7.45. The number of carbonyl (C=O) groups is 1. The van der Waals surface area contributed by atoms with Crippen molar-refractivity contribution in [3.63, 3.8) is 0 Å². The minimum Gasteiger partial charge on any atom is -0.475 e. The van der Waals surface area contributed by atoms with Gasteiger partial charge < -0.3 is 9.52 Å². The van der Waals surface area contributed by atoms with Crippen molar-refractivity contribution in [1.82, 2.24) is 0 Å². The van der Waals surface area contributed by atoms with Gasteiger partial charge in [-0.3, -0.25) is 4.99 Å². The third-order valence-electron chi connectivity index (χ3n) is 7.56. The predicted molar refractivity (Wildman–Crippen MR) is 139 cm³/mol. The zero-order valence-electron chi connectivity index (χ0n) is 21.2. The van der Waals surface area contributed by atoms with E-state index in [4.69, 9.17) is 9.41 Å². The molecule has 1 aromatic rings. The van der Waals surface area contributed by atoms with E-state index in [2.05, 4.69) is 39.8 Å². The van der Waals surface area contributed by atoms with Gasteiger partial charge in [0.1, 0.15) is 5.76 Å². The molecule has 0 radical (unpaired) electrons. The molecule has 182 valence electrons. The first-order valence-electron chi connectivity index (χ1n) is 13.1. The molecule has 2 aliphatic carbocycles. The van der Waals surface area contributed by atoms with Crippen LogP contribution in [0, 0.1) is 11.3 Å². The summed E-state index contributed by atoms with van der Waals surface area (Å²) in [7, 11) is 0. The molecular formula is C30H39NO3. The van der Waals surface area contributed by atoms with Crippen LogP contribution in [0.3, 0.4) is 0 Å². The Labute approximate surface area is 204 Å². The molecule has 0 amide bonds. The fourth-order valence-corrected chi connectivity index (χ4v) is 5.78. The minimum atomic E-state index is -1.05. The van der Waals surface area contributed by atoms with Crippen molar-refractivity contribution >= 4 is 17.8 Å². The SMILES string of the molecule is CCCCCCCCC1C=CC(/C(C)=C/c2ccc(C(=O)O)o2)=C2N=C3CCCC(C)(C)C3=C21.